The molecule has 1 aliphatic carbocycles. The van der Waals surface area contributed by atoms with Gasteiger partial charge in [0.2, 0.25) is 5.95 Å². The fourth-order valence-corrected chi connectivity index (χ4v) is 5.49. The number of aliphatic carboxylic acids is 1. The van der Waals surface area contributed by atoms with Crippen LogP contribution in [0.15, 0.2) is 35.1 Å². The number of carbonyl (C=O) groups is 1. The number of halogens is 1. The first-order valence-electron chi connectivity index (χ1n) is 10.6. The lowest BCUT2D eigenvalue weighted by molar-refractivity contribution is -0.138. The lowest BCUT2D eigenvalue weighted by Crippen LogP contribution is -2.35. The molecule has 34 heavy (non-hydrogen) atoms. The third kappa shape index (κ3) is 5.33. The van der Waals surface area contributed by atoms with Gasteiger partial charge in [-0.3, -0.25) is 9.32 Å². The minimum Gasteiger partial charge on any atom is -0.480 e. The molecule has 3 aromatic rings. The molecule has 2 heterocycles. The zero-order chi connectivity index (χ0) is 24.5. The molecule has 5 N–H and O–H groups in total. The molecule has 1 saturated carbocycles. The maximum Gasteiger partial charge on any atom is 0.459 e. The highest BCUT2D eigenvalue weighted by molar-refractivity contribution is 9.10. The Balaban J connectivity index is 1.41. The van der Waals surface area contributed by atoms with Gasteiger partial charge in [-0.25, -0.2) is 9.55 Å². The SMILES string of the molecule is CNc1nc(N)nc2c1ncn2[C@H]1C[C@@H](COP(=O)(NC(C)C(=O)O)Oc2ccc(Br)cc2)C1. The van der Waals surface area contributed by atoms with Crippen molar-refractivity contribution in [3.63, 3.8) is 0 Å². The highest BCUT2D eigenvalue weighted by Gasteiger charge is 2.37. The van der Waals surface area contributed by atoms with Gasteiger partial charge in [0.05, 0.1) is 12.9 Å². The van der Waals surface area contributed by atoms with Gasteiger partial charge >= 0.3 is 13.7 Å². The first-order chi connectivity index (χ1) is 16.2. The molecule has 182 valence electrons. The lowest BCUT2D eigenvalue weighted by Gasteiger charge is -2.36. The topological polar surface area (TPSA) is 167 Å². The van der Waals surface area contributed by atoms with Gasteiger partial charge in [0.25, 0.3) is 0 Å². The molecular weight excluding hydrogens is 529 g/mol. The van der Waals surface area contributed by atoms with Gasteiger partial charge in [0.1, 0.15) is 11.8 Å². The number of imidazole rings is 1. The Hall–Kier alpha value is -2.73. The maximum absolute atomic E-state index is 13.3. The number of nitrogens with one attached hydrogen (secondary N) is 2. The summed E-state index contributed by atoms with van der Waals surface area (Å²) < 4.78 is 27.4. The zero-order valence-corrected chi connectivity index (χ0v) is 21.0. The van der Waals surface area contributed by atoms with E-state index in [4.69, 9.17) is 14.8 Å². The highest BCUT2D eigenvalue weighted by Crippen LogP contribution is 2.48. The summed E-state index contributed by atoms with van der Waals surface area (Å²) in [6.07, 6.45) is 3.17. The third-order valence-electron chi connectivity index (χ3n) is 5.52. The molecule has 1 aromatic carbocycles. The summed E-state index contributed by atoms with van der Waals surface area (Å²) in [6, 6.07) is 5.67. The van der Waals surface area contributed by atoms with Crippen molar-refractivity contribution in [2.24, 2.45) is 5.92 Å². The van der Waals surface area contributed by atoms with Crippen LogP contribution in [-0.4, -0.2) is 50.3 Å². The van der Waals surface area contributed by atoms with Gasteiger partial charge in [0, 0.05) is 17.6 Å². The quantitative estimate of drug-likeness (QED) is 0.271. The van der Waals surface area contributed by atoms with Gasteiger partial charge in [-0.05, 0) is 49.9 Å². The second-order valence-corrected chi connectivity index (χ2v) is 10.6. The monoisotopic (exact) mass is 553 g/mol. The van der Waals surface area contributed by atoms with Crippen LogP contribution in [-0.2, 0) is 13.9 Å². The fourth-order valence-electron chi connectivity index (χ4n) is 3.66. The van der Waals surface area contributed by atoms with E-state index in [9.17, 15) is 14.5 Å². The van der Waals surface area contributed by atoms with Crippen LogP contribution in [0.4, 0.5) is 11.8 Å². The number of nitrogens with two attached hydrogens (primary N) is 1. The van der Waals surface area contributed by atoms with Crippen molar-refractivity contribution >= 4 is 52.6 Å². The van der Waals surface area contributed by atoms with Crippen LogP contribution < -0.4 is 20.7 Å². The van der Waals surface area contributed by atoms with Gasteiger partial charge < -0.3 is 25.2 Å². The standard InChI is InChI=1S/C20H25BrN7O5P/c1-11(19(29)30)27-34(31,33-15-5-3-13(21)4-6-15)32-9-12-7-14(8-12)28-10-24-16-17(23-2)25-20(22)26-18(16)28/h3-6,10-12,14H,7-9H2,1-2H3,(H,27,31)(H,29,30)(H3,22,23,25,26)/t11?,12-,14+,34?. The molecule has 2 atom stereocenters. The molecule has 0 radical (unpaired) electrons. The molecule has 12 nitrogen and oxygen atoms in total. The number of hydrogen-bond acceptors (Lipinski definition) is 9. The van der Waals surface area contributed by atoms with Crippen molar-refractivity contribution < 1.29 is 23.5 Å². The first kappa shape index (κ1) is 24.4. The van der Waals surface area contributed by atoms with E-state index in [1.807, 2.05) is 4.57 Å². The molecule has 0 spiro atoms. The number of nitrogens with zero attached hydrogens (tertiary/aromatic N) is 4. The average molecular weight is 554 g/mol. The summed E-state index contributed by atoms with van der Waals surface area (Å²) in [5.41, 5.74) is 7.10. The Morgan fingerprint density at radius 2 is 2.06 bits per heavy atom. The Morgan fingerprint density at radius 3 is 2.71 bits per heavy atom. The van der Waals surface area contributed by atoms with Gasteiger partial charge in [0.15, 0.2) is 17.0 Å². The van der Waals surface area contributed by atoms with E-state index in [2.05, 4.69) is 41.3 Å². The Bertz CT molecular complexity index is 1230. The number of carboxylic acids is 1. The van der Waals surface area contributed by atoms with Crippen LogP contribution in [0, 0.1) is 5.92 Å². The van der Waals surface area contributed by atoms with Crippen LogP contribution in [0.3, 0.4) is 0 Å². The normalized spacial score (nSPS) is 20.3. The Labute approximate surface area is 204 Å². The second kappa shape index (κ2) is 9.87. The molecular formula is C20H25BrN7O5P. The number of rotatable bonds is 10. The van der Waals surface area contributed by atoms with Crippen molar-refractivity contribution in [3.05, 3.63) is 35.1 Å². The summed E-state index contributed by atoms with van der Waals surface area (Å²) in [7, 11) is -2.21. The summed E-state index contributed by atoms with van der Waals surface area (Å²) in [5.74, 6) is -0.0616. The third-order valence-corrected chi connectivity index (χ3v) is 7.69. The number of hydrogen-bond donors (Lipinski definition) is 4. The summed E-state index contributed by atoms with van der Waals surface area (Å²) >= 11 is 3.33. The first-order valence-corrected chi connectivity index (χ1v) is 12.9. The zero-order valence-electron chi connectivity index (χ0n) is 18.5. The number of anilines is 2. The van der Waals surface area contributed by atoms with E-state index in [1.54, 1.807) is 37.6 Å². The van der Waals surface area contributed by atoms with Crippen molar-refractivity contribution in [2.45, 2.75) is 31.8 Å². The maximum atomic E-state index is 13.3. The van der Waals surface area contributed by atoms with Crippen molar-refractivity contribution in [1.82, 2.24) is 24.6 Å². The number of fused-ring (bicyclic) bond motifs is 1. The van der Waals surface area contributed by atoms with Crippen LogP contribution in [0.5, 0.6) is 5.75 Å². The number of carboxylic acid groups (broad SMARTS) is 1. The van der Waals surface area contributed by atoms with Crippen LogP contribution in [0.25, 0.3) is 11.2 Å². The molecule has 4 rings (SSSR count). The van der Waals surface area contributed by atoms with E-state index in [1.165, 1.54) is 6.92 Å². The highest BCUT2D eigenvalue weighted by atomic mass is 79.9. The molecule has 0 aliphatic heterocycles. The van der Waals surface area contributed by atoms with E-state index in [0.717, 1.165) is 17.3 Å². The predicted molar refractivity (Wildman–Crippen MR) is 130 cm³/mol. The summed E-state index contributed by atoms with van der Waals surface area (Å²) in [5, 5.41) is 14.7. The van der Waals surface area contributed by atoms with E-state index in [0.29, 0.717) is 22.7 Å². The van der Waals surface area contributed by atoms with Crippen molar-refractivity contribution in [1.29, 1.82) is 0 Å². The molecule has 1 fully saturated rings. The smallest absolute Gasteiger partial charge is 0.459 e. The molecule has 0 bridgehead atoms. The second-order valence-electron chi connectivity index (χ2n) is 8.02. The van der Waals surface area contributed by atoms with Crippen LogP contribution in [0.1, 0.15) is 25.8 Å². The van der Waals surface area contributed by atoms with Crippen molar-refractivity contribution in [2.75, 3.05) is 24.7 Å². The predicted octanol–water partition coefficient (Wildman–Crippen LogP) is 3.43. The van der Waals surface area contributed by atoms with E-state index < -0.39 is 19.8 Å². The summed E-state index contributed by atoms with van der Waals surface area (Å²) in [4.78, 5) is 24.2. The summed E-state index contributed by atoms with van der Waals surface area (Å²) in [6.45, 7) is 1.51. The molecule has 1 aliphatic rings. The van der Waals surface area contributed by atoms with Gasteiger partial charge in [-0.1, -0.05) is 15.9 Å². The van der Waals surface area contributed by atoms with E-state index >= 15 is 0 Å². The Morgan fingerprint density at radius 1 is 1.35 bits per heavy atom. The van der Waals surface area contributed by atoms with Gasteiger partial charge in [-0.15, -0.1) is 0 Å². The fraction of sp³-hybridized carbons (Fsp3) is 0.400. The molecule has 2 unspecified atom stereocenters. The molecule has 2 aromatic heterocycles. The van der Waals surface area contributed by atoms with Crippen LogP contribution in [0.2, 0.25) is 0 Å². The average Bonchev–Trinajstić information content (AvgIpc) is 3.17. The van der Waals surface area contributed by atoms with Crippen LogP contribution >= 0.6 is 23.7 Å². The minimum atomic E-state index is -3.95. The largest absolute Gasteiger partial charge is 0.480 e. The van der Waals surface area contributed by atoms with Crippen molar-refractivity contribution in [3.8, 4) is 5.75 Å². The van der Waals surface area contributed by atoms with Gasteiger partial charge in [-0.2, -0.15) is 15.1 Å². The Kier molecular flexibility index (Phi) is 7.08. The number of nitrogen functional groups attached to an aromatic ring is 1. The molecule has 14 heteroatoms. The molecule has 0 amide bonds. The number of benzene rings is 1. The number of aromatic nitrogens is 4. The lowest BCUT2D eigenvalue weighted by atomic mass is 9.81. The molecule has 0 saturated heterocycles. The van der Waals surface area contributed by atoms with E-state index in [-0.39, 0.29) is 24.5 Å². The minimum absolute atomic E-state index is 0.0918.